The Morgan fingerprint density at radius 3 is 2.48 bits per heavy atom. The fourth-order valence-electron chi connectivity index (χ4n) is 5.04. The van der Waals surface area contributed by atoms with Crippen molar-refractivity contribution in [3.05, 3.63) is 52.8 Å². The van der Waals surface area contributed by atoms with Gasteiger partial charge in [0.2, 0.25) is 16.0 Å². The number of piperidine rings is 1. The monoisotopic (exact) mass is 601 g/mol. The van der Waals surface area contributed by atoms with E-state index in [1.54, 1.807) is 12.1 Å². The second-order valence-electron chi connectivity index (χ2n) is 10.4. The number of rotatable bonds is 7. The molecule has 3 aromatic rings. The topological polar surface area (TPSA) is 96.3 Å². The zero-order valence-corrected chi connectivity index (χ0v) is 23.4. The van der Waals surface area contributed by atoms with Crippen molar-refractivity contribution in [1.29, 1.82) is 0 Å². The fraction of sp³-hybridized carbons (Fsp3) is 0.480. The van der Waals surface area contributed by atoms with Gasteiger partial charge in [0.1, 0.15) is 34.1 Å². The highest BCUT2D eigenvalue weighted by molar-refractivity contribution is 7.88. The number of anilines is 1. The Morgan fingerprint density at radius 2 is 1.85 bits per heavy atom. The summed E-state index contributed by atoms with van der Waals surface area (Å²) in [6.45, 7) is 4.85. The van der Waals surface area contributed by atoms with Crippen LogP contribution >= 0.6 is 11.6 Å². The number of hydrogen-bond donors (Lipinski definition) is 1. The van der Waals surface area contributed by atoms with Crippen LogP contribution < -0.4 is 5.32 Å². The lowest BCUT2D eigenvalue weighted by Crippen LogP contribution is -2.44. The largest absolute Gasteiger partial charge is 0.420 e. The van der Waals surface area contributed by atoms with Crippen LogP contribution in [0.4, 0.5) is 23.5 Å². The molecule has 40 heavy (non-hydrogen) atoms. The summed E-state index contributed by atoms with van der Waals surface area (Å²) in [4.78, 5) is 14.2. The predicted octanol–water partition coefficient (Wildman–Crippen LogP) is 4.43. The van der Waals surface area contributed by atoms with E-state index in [4.69, 9.17) is 11.6 Å². The van der Waals surface area contributed by atoms with Crippen LogP contribution in [0.1, 0.15) is 30.9 Å². The molecule has 0 radical (unpaired) electrons. The number of benzene rings is 1. The van der Waals surface area contributed by atoms with Crippen molar-refractivity contribution in [3.63, 3.8) is 0 Å². The van der Waals surface area contributed by atoms with E-state index < -0.39 is 33.3 Å². The number of hydrogen-bond acceptors (Lipinski definition) is 7. The lowest BCUT2D eigenvalue weighted by atomic mass is 10.0. The minimum Gasteiger partial charge on any atom is -0.351 e. The third-order valence-electron chi connectivity index (χ3n) is 7.13. The van der Waals surface area contributed by atoms with Crippen LogP contribution in [0.3, 0.4) is 0 Å². The summed E-state index contributed by atoms with van der Waals surface area (Å²) >= 11 is 6.34. The highest BCUT2D eigenvalue weighted by Gasteiger charge is 2.36. The summed E-state index contributed by atoms with van der Waals surface area (Å²) < 4.78 is 82.9. The van der Waals surface area contributed by atoms with Gasteiger partial charge >= 0.3 is 6.18 Å². The zero-order chi connectivity index (χ0) is 28.8. The lowest BCUT2D eigenvalue weighted by Gasteiger charge is -2.37. The van der Waals surface area contributed by atoms with Gasteiger partial charge in [-0.25, -0.2) is 32.1 Å². The summed E-state index contributed by atoms with van der Waals surface area (Å²) in [5, 5.41) is 2.85. The molecule has 2 aromatic heterocycles. The van der Waals surface area contributed by atoms with Crippen LogP contribution in [0.5, 0.6) is 0 Å². The molecule has 0 saturated carbocycles. The average Bonchev–Trinajstić information content (AvgIpc) is 3.35. The molecule has 0 aliphatic carbocycles. The zero-order valence-electron chi connectivity index (χ0n) is 21.8. The third kappa shape index (κ3) is 6.09. The standard InChI is InChI=1S/C25H28ClF4N7O2S/c1-15-10-35(11-15)12-16-3-4-20(21(26)22(16)27)36-13-19(32-14-36)23-18(25(28,29)30)9-31-24(34-23)33-17-5-7-37(8-6-17)40(2,38)39/h3-4,9,13-15,17H,5-8,10-12H2,1-2H3,(H,31,33,34). The second kappa shape index (κ2) is 10.9. The molecule has 0 spiro atoms. The van der Waals surface area contributed by atoms with E-state index in [1.807, 2.05) is 0 Å². The first-order valence-electron chi connectivity index (χ1n) is 12.7. The van der Waals surface area contributed by atoms with Gasteiger partial charge in [-0.05, 0) is 24.8 Å². The van der Waals surface area contributed by atoms with Crippen LogP contribution in [-0.4, -0.2) is 75.6 Å². The highest BCUT2D eigenvalue weighted by atomic mass is 35.5. The van der Waals surface area contributed by atoms with Crippen LogP contribution in [0.2, 0.25) is 5.02 Å². The quantitative estimate of drug-likeness (QED) is 0.400. The third-order valence-corrected chi connectivity index (χ3v) is 8.79. The van der Waals surface area contributed by atoms with Crippen molar-refractivity contribution in [2.24, 2.45) is 5.92 Å². The maximum Gasteiger partial charge on any atom is 0.420 e. The van der Waals surface area contributed by atoms with Crippen LogP contribution in [0.15, 0.2) is 30.9 Å². The van der Waals surface area contributed by atoms with Gasteiger partial charge in [-0.3, -0.25) is 4.90 Å². The van der Waals surface area contributed by atoms with E-state index in [9.17, 15) is 21.6 Å². The van der Waals surface area contributed by atoms with Gasteiger partial charge in [0, 0.05) is 56.7 Å². The van der Waals surface area contributed by atoms with Crippen LogP contribution in [-0.2, 0) is 22.7 Å². The van der Waals surface area contributed by atoms with E-state index in [2.05, 4.69) is 32.1 Å². The minimum absolute atomic E-state index is 0.0379. The van der Waals surface area contributed by atoms with Gasteiger partial charge in [-0.2, -0.15) is 13.2 Å². The summed E-state index contributed by atoms with van der Waals surface area (Å²) in [7, 11) is -3.32. The number of alkyl halides is 3. The van der Waals surface area contributed by atoms with Gasteiger partial charge in [0.05, 0.1) is 11.9 Å². The maximum atomic E-state index is 15.1. The van der Waals surface area contributed by atoms with E-state index in [1.165, 1.54) is 21.4 Å². The fourth-order valence-corrected chi connectivity index (χ4v) is 6.20. The Balaban J connectivity index is 1.39. The lowest BCUT2D eigenvalue weighted by molar-refractivity contribution is -0.137. The molecule has 0 amide bonds. The van der Waals surface area contributed by atoms with Gasteiger partial charge in [-0.1, -0.05) is 24.6 Å². The molecule has 2 aliphatic heterocycles. The molecular weight excluding hydrogens is 574 g/mol. The summed E-state index contributed by atoms with van der Waals surface area (Å²) in [6.07, 6.45) is 0.517. The minimum atomic E-state index is -4.75. The van der Waals surface area contributed by atoms with E-state index in [0.29, 0.717) is 37.1 Å². The first kappa shape index (κ1) is 28.7. The molecule has 2 aliphatic rings. The molecule has 0 bridgehead atoms. The molecule has 0 atom stereocenters. The molecule has 0 unspecified atom stereocenters. The van der Waals surface area contributed by atoms with Crippen molar-refractivity contribution in [1.82, 2.24) is 28.7 Å². The van der Waals surface area contributed by atoms with Gasteiger partial charge in [0.25, 0.3) is 0 Å². The number of aromatic nitrogens is 4. The maximum absolute atomic E-state index is 15.1. The molecule has 5 rings (SSSR count). The van der Waals surface area contributed by atoms with Crippen LogP contribution in [0.25, 0.3) is 17.1 Å². The van der Waals surface area contributed by atoms with Crippen molar-refractivity contribution < 1.29 is 26.0 Å². The Bertz CT molecular complexity index is 1500. The molecule has 2 fully saturated rings. The van der Waals surface area contributed by atoms with E-state index in [0.717, 1.165) is 19.3 Å². The molecule has 15 heteroatoms. The molecule has 4 heterocycles. The smallest absolute Gasteiger partial charge is 0.351 e. The molecule has 1 N–H and O–H groups in total. The van der Waals surface area contributed by atoms with Gasteiger partial charge < -0.3 is 9.88 Å². The molecule has 216 valence electrons. The van der Waals surface area contributed by atoms with Crippen molar-refractivity contribution >= 4 is 27.6 Å². The van der Waals surface area contributed by atoms with E-state index in [-0.39, 0.29) is 41.5 Å². The number of sulfonamides is 1. The summed E-state index contributed by atoms with van der Waals surface area (Å²) in [5.41, 5.74) is -0.949. The number of nitrogens with one attached hydrogen (secondary N) is 1. The Kier molecular flexibility index (Phi) is 7.81. The molecule has 9 nitrogen and oxygen atoms in total. The number of likely N-dealkylation sites (tertiary alicyclic amines) is 1. The van der Waals surface area contributed by atoms with E-state index >= 15 is 4.39 Å². The SMILES string of the molecule is CC1CN(Cc2ccc(-n3cnc(-c4nc(NC5CCN(S(C)(=O)=O)CC5)ncc4C(F)(F)F)c3)c(Cl)c2F)C1. The van der Waals surface area contributed by atoms with Crippen molar-refractivity contribution in [2.45, 2.75) is 38.5 Å². The summed E-state index contributed by atoms with van der Waals surface area (Å²) in [5.74, 6) is -0.0568. The molecular formula is C25H28ClF4N7O2S. The number of imidazole rings is 1. The first-order chi connectivity index (χ1) is 18.8. The van der Waals surface area contributed by atoms with Gasteiger partial charge in [-0.15, -0.1) is 0 Å². The first-order valence-corrected chi connectivity index (χ1v) is 14.9. The predicted molar refractivity (Wildman–Crippen MR) is 142 cm³/mol. The Morgan fingerprint density at radius 1 is 1.15 bits per heavy atom. The normalized spacial score (nSPS) is 18.2. The Labute approximate surface area is 234 Å². The summed E-state index contributed by atoms with van der Waals surface area (Å²) in [6, 6.07) is 3.00. The molecule has 1 aromatic carbocycles. The van der Waals surface area contributed by atoms with Crippen LogP contribution in [0, 0.1) is 11.7 Å². The van der Waals surface area contributed by atoms with Crippen molar-refractivity contribution in [2.75, 3.05) is 37.8 Å². The highest BCUT2D eigenvalue weighted by Crippen LogP contribution is 2.36. The van der Waals surface area contributed by atoms with Gasteiger partial charge in [0.15, 0.2) is 0 Å². The number of nitrogens with zero attached hydrogens (tertiary/aromatic N) is 6. The molecule has 2 saturated heterocycles. The number of halogens is 5. The second-order valence-corrected chi connectivity index (χ2v) is 12.7. The van der Waals surface area contributed by atoms with Crippen molar-refractivity contribution in [3.8, 4) is 17.1 Å². The average molecular weight is 602 g/mol. The Hall–Kier alpha value is -2.81.